The fourth-order valence-corrected chi connectivity index (χ4v) is 3.03. The lowest BCUT2D eigenvalue weighted by molar-refractivity contribution is -0.123. The Bertz CT molecular complexity index is 988. The van der Waals surface area contributed by atoms with Gasteiger partial charge in [-0.15, -0.1) is 0 Å². The zero-order valence-electron chi connectivity index (χ0n) is 18.9. The lowest BCUT2D eigenvalue weighted by atomic mass is 9.95. The summed E-state index contributed by atoms with van der Waals surface area (Å²) < 4.78 is 20.1. The smallest absolute Gasteiger partial charge is 0.239 e. The van der Waals surface area contributed by atoms with Crippen LogP contribution in [0.2, 0.25) is 25.7 Å². The first-order valence-corrected chi connectivity index (χ1v) is 13.8. The van der Waals surface area contributed by atoms with Gasteiger partial charge >= 0.3 is 0 Å². The van der Waals surface area contributed by atoms with Crippen molar-refractivity contribution in [1.29, 1.82) is 0 Å². The molecule has 0 aliphatic carbocycles. The van der Waals surface area contributed by atoms with E-state index in [-0.39, 0.29) is 23.2 Å². The molecule has 0 spiro atoms. The molecule has 0 radical (unpaired) electrons. The number of amides is 1. The normalized spacial score (nSPS) is 12.5. The summed E-state index contributed by atoms with van der Waals surface area (Å²) in [4.78, 5) is 20.3. The quantitative estimate of drug-likeness (QED) is 0.511. The minimum atomic E-state index is -1.27. The first kappa shape index (κ1) is 24.5. The van der Waals surface area contributed by atoms with Crippen LogP contribution in [-0.2, 0) is 4.79 Å². The molecule has 2 aromatic rings. The summed E-state index contributed by atoms with van der Waals surface area (Å²) in [6.07, 6.45) is 1.71. The Balaban J connectivity index is 2.12. The van der Waals surface area contributed by atoms with Crippen molar-refractivity contribution >= 4 is 19.7 Å². The third-order valence-electron chi connectivity index (χ3n) is 4.29. The van der Waals surface area contributed by atoms with Crippen LogP contribution in [-0.4, -0.2) is 35.7 Å². The van der Waals surface area contributed by atoms with Crippen LogP contribution < -0.4 is 10.1 Å². The van der Waals surface area contributed by atoms with Crippen molar-refractivity contribution in [1.82, 2.24) is 9.97 Å². The van der Waals surface area contributed by atoms with Crippen LogP contribution in [0, 0.1) is 23.1 Å². The van der Waals surface area contributed by atoms with E-state index in [9.17, 15) is 14.3 Å². The second kappa shape index (κ2) is 10.0. The molecule has 0 bridgehead atoms. The maximum atomic E-state index is 14.4. The van der Waals surface area contributed by atoms with Crippen molar-refractivity contribution in [2.75, 3.05) is 11.9 Å². The van der Waals surface area contributed by atoms with Gasteiger partial charge in [-0.25, -0.2) is 9.37 Å². The Kier molecular flexibility index (Phi) is 7.93. The molecule has 0 aliphatic rings. The Labute approximate surface area is 184 Å². The molecule has 1 atom stereocenters. The number of carbonyl (C=O) groups is 1. The summed E-state index contributed by atoms with van der Waals surface area (Å²) in [5.74, 6) is 4.74. The largest absolute Gasteiger partial charge is 0.477 e. The number of nitrogens with zero attached hydrogens (tertiary/aromatic N) is 2. The van der Waals surface area contributed by atoms with Gasteiger partial charge in [0.2, 0.25) is 11.8 Å². The van der Waals surface area contributed by atoms with Crippen LogP contribution in [0.5, 0.6) is 5.88 Å². The summed E-state index contributed by atoms with van der Waals surface area (Å²) >= 11 is 0. The van der Waals surface area contributed by atoms with Crippen LogP contribution in [0.3, 0.4) is 0 Å². The average molecular weight is 444 g/mol. The van der Waals surface area contributed by atoms with Gasteiger partial charge in [0, 0.05) is 31.4 Å². The van der Waals surface area contributed by atoms with Gasteiger partial charge in [0.25, 0.3) is 0 Å². The summed E-state index contributed by atoms with van der Waals surface area (Å²) in [6.45, 7) is 12.5. The van der Waals surface area contributed by atoms with Crippen molar-refractivity contribution in [2.45, 2.75) is 52.6 Å². The Hall–Kier alpha value is -2.76. The fourth-order valence-electron chi connectivity index (χ4n) is 2.31. The van der Waals surface area contributed by atoms with Gasteiger partial charge in [0.05, 0.1) is 12.3 Å². The molecule has 1 aromatic heterocycles. The Morgan fingerprint density at radius 3 is 2.55 bits per heavy atom. The van der Waals surface area contributed by atoms with Gasteiger partial charge in [-0.1, -0.05) is 52.3 Å². The van der Waals surface area contributed by atoms with E-state index in [0.29, 0.717) is 12.2 Å². The number of hydrogen-bond acceptors (Lipinski definition) is 5. The molecule has 6 nitrogen and oxygen atoms in total. The van der Waals surface area contributed by atoms with Crippen molar-refractivity contribution in [3.05, 3.63) is 47.7 Å². The number of carbonyl (C=O) groups excluding carboxylic acids is 1. The highest BCUT2D eigenvalue weighted by molar-refractivity contribution is 6.76. The van der Waals surface area contributed by atoms with E-state index in [1.54, 1.807) is 26.8 Å². The molecule has 1 unspecified atom stereocenters. The average Bonchev–Trinajstić information content (AvgIpc) is 2.66. The number of nitrogens with one attached hydrogen (secondary N) is 1. The summed E-state index contributed by atoms with van der Waals surface area (Å²) in [6, 6.07) is 5.17. The molecule has 8 heteroatoms. The van der Waals surface area contributed by atoms with Crippen molar-refractivity contribution in [3.8, 4) is 17.7 Å². The molecule has 0 saturated heterocycles. The molecule has 2 rings (SSSR count). The third kappa shape index (κ3) is 7.77. The maximum absolute atomic E-state index is 14.4. The number of aromatic nitrogens is 2. The number of aliphatic hydroxyl groups excluding tert-OH is 1. The first-order valence-electron chi connectivity index (χ1n) is 10.1. The third-order valence-corrected chi connectivity index (χ3v) is 6.00. The second-order valence-electron chi connectivity index (χ2n) is 9.48. The number of rotatable bonds is 6. The minimum absolute atomic E-state index is 0.0815. The van der Waals surface area contributed by atoms with Crippen LogP contribution in [0.1, 0.15) is 38.1 Å². The molecular formula is C23H30FN3O3Si. The van der Waals surface area contributed by atoms with Gasteiger partial charge in [-0.05, 0) is 24.2 Å². The van der Waals surface area contributed by atoms with Crippen LogP contribution in [0.15, 0.2) is 30.6 Å². The van der Waals surface area contributed by atoms with Crippen LogP contribution in [0.4, 0.5) is 10.1 Å². The zero-order chi connectivity index (χ0) is 23.2. The fraction of sp³-hybridized carbons (Fsp3) is 0.435. The lowest BCUT2D eigenvalue weighted by Crippen LogP contribution is -2.28. The summed E-state index contributed by atoms with van der Waals surface area (Å²) in [5.41, 5.74) is 0.0224. The molecule has 166 valence electrons. The highest BCUT2D eigenvalue weighted by Crippen LogP contribution is 2.22. The minimum Gasteiger partial charge on any atom is -0.477 e. The number of halogens is 1. The van der Waals surface area contributed by atoms with Gasteiger partial charge in [0.1, 0.15) is 11.5 Å². The monoisotopic (exact) mass is 443 g/mol. The van der Waals surface area contributed by atoms with E-state index >= 15 is 0 Å². The predicted molar refractivity (Wildman–Crippen MR) is 122 cm³/mol. The van der Waals surface area contributed by atoms with Gasteiger partial charge in [0.15, 0.2) is 6.10 Å². The van der Waals surface area contributed by atoms with Gasteiger partial charge in [-0.3, -0.25) is 9.78 Å². The lowest BCUT2D eigenvalue weighted by Gasteiger charge is -2.18. The van der Waals surface area contributed by atoms with E-state index in [1.807, 2.05) is 0 Å². The topological polar surface area (TPSA) is 84.3 Å². The van der Waals surface area contributed by atoms with Crippen molar-refractivity contribution in [2.24, 2.45) is 5.41 Å². The molecule has 1 heterocycles. The molecule has 0 fully saturated rings. The van der Waals surface area contributed by atoms with E-state index in [4.69, 9.17) is 4.74 Å². The first-order chi connectivity index (χ1) is 14.4. The Morgan fingerprint density at radius 1 is 1.26 bits per heavy atom. The second-order valence-corrected chi connectivity index (χ2v) is 15.1. The molecule has 31 heavy (non-hydrogen) atoms. The molecule has 1 aromatic carbocycles. The molecule has 0 aliphatic heterocycles. The summed E-state index contributed by atoms with van der Waals surface area (Å²) in [5, 5.41) is 13.0. The maximum Gasteiger partial charge on any atom is 0.239 e. The number of aliphatic hydroxyl groups is 1. The SMILES string of the molecule is CC(C)(C)C(=O)Nc1ccc(C#CC(O)c2nccnc2OCC[Si](C)(C)C)cc1F. The number of hydrogen-bond donors (Lipinski definition) is 2. The Morgan fingerprint density at radius 2 is 1.94 bits per heavy atom. The molecular weight excluding hydrogens is 413 g/mol. The molecule has 0 saturated carbocycles. The van der Waals surface area contributed by atoms with E-state index in [1.165, 1.54) is 24.5 Å². The van der Waals surface area contributed by atoms with Gasteiger partial charge in [-0.2, -0.15) is 0 Å². The van der Waals surface area contributed by atoms with E-state index in [2.05, 4.69) is 46.8 Å². The van der Waals surface area contributed by atoms with E-state index in [0.717, 1.165) is 6.04 Å². The zero-order valence-corrected chi connectivity index (χ0v) is 19.9. The van der Waals surface area contributed by atoms with Crippen LogP contribution in [0.25, 0.3) is 0 Å². The van der Waals surface area contributed by atoms with Crippen molar-refractivity contribution in [3.63, 3.8) is 0 Å². The molecule has 2 N–H and O–H groups in total. The van der Waals surface area contributed by atoms with E-state index < -0.39 is 25.4 Å². The van der Waals surface area contributed by atoms with Gasteiger partial charge < -0.3 is 15.2 Å². The number of benzene rings is 1. The highest BCUT2D eigenvalue weighted by Gasteiger charge is 2.22. The standard InChI is InChI=1S/C23H30FN3O3Si/c1-23(2,3)22(29)27-18-9-7-16(15-17(18)24)8-10-19(28)20-21(26-12-11-25-20)30-13-14-31(4,5)6/h7,9,11-12,15,19,28H,13-14H2,1-6H3,(H,27,29). The van der Waals surface area contributed by atoms with Crippen LogP contribution >= 0.6 is 0 Å². The predicted octanol–water partition coefficient (Wildman–Crippen LogP) is 4.40. The number of ether oxygens (including phenoxy) is 1. The number of anilines is 1. The summed E-state index contributed by atoms with van der Waals surface area (Å²) in [7, 11) is -1.27. The van der Waals surface area contributed by atoms with Crippen molar-refractivity contribution < 1.29 is 19.0 Å². The highest BCUT2D eigenvalue weighted by atomic mass is 28.3. The molecule has 1 amide bonds.